The second-order valence-electron chi connectivity index (χ2n) is 5.42. The highest BCUT2D eigenvalue weighted by Gasteiger charge is 2.11. The highest BCUT2D eigenvalue weighted by Crippen LogP contribution is 2.21. The molecule has 3 nitrogen and oxygen atoms in total. The van der Waals surface area contributed by atoms with Crippen molar-refractivity contribution < 1.29 is 4.42 Å². The lowest BCUT2D eigenvalue weighted by atomic mass is 10.2. The third-order valence-corrected chi connectivity index (χ3v) is 3.76. The maximum atomic E-state index is 5.83. The zero-order chi connectivity index (χ0) is 15.2. The maximum Gasteiger partial charge on any atom is 0.118 e. The average molecular weight is 286 g/mol. The van der Waals surface area contributed by atoms with Gasteiger partial charge in [0.25, 0.3) is 0 Å². The van der Waals surface area contributed by atoms with Crippen molar-refractivity contribution in [2.75, 3.05) is 18.0 Å². The van der Waals surface area contributed by atoms with E-state index in [1.165, 1.54) is 16.8 Å². The van der Waals surface area contributed by atoms with Gasteiger partial charge in [-0.3, -0.25) is 0 Å². The molecule has 2 aromatic rings. The van der Waals surface area contributed by atoms with Crippen LogP contribution in [-0.4, -0.2) is 13.1 Å². The summed E-state index contributed by atoms with van der Waals surface area (Å²) in [6.45, 7) is 12.1. The molecule has 0 fully saturated rings. The van der Waals surface area contributed by atoms with E-state index >= 15 is 0 Å². The summed E-state index contributed by atoms with van der Waals surface area (Å²) in [5.74, 6) is 2.04. The molecule has 0 spiro atoms. The first-order valence-corrected chi connectivity index (χ1v) is 7.74. The number of nitrogens with zero attached hydrogens (tertiary/aromatic N) is 1. The van der Waals surface area contributed by atoms with Crippen molar-refractivity contribution in [2.24, 2.45) is 0 Å². The third kappa shape index (κ3) is 4.11. The fourth-order valence-corrected chi connectivity index (χ4v) is 2.43. The lowest BCUT2D eigenvalue weighted by Gasteiger charge is -2.23. The predicted octanol–water partition coefficient (Wildman–Crippen LogP) is 4.03. The fraction of sp³-hybridized carbons (Fsp3) is 0.444. The van der Waals surface area contributed by atoms with Crippen LogP contribution < -0.4 is 10.2 Å². The van der Waals surface area contributed by atoms with Crippen molar-refractivity contribution >= 4 is 5.69 Å². The van der Waals surface area contributed by atoms with Crippen molar-refractivity contribution in [1.29, 1.82) is 0 Å². The first-order chi connectivity index (χ1) is 10.1. The first-order valence-electron chi connectivity index (χ1n) is 7.74. The molecule has 2 rings (SSSR count). The Morgan fingerprint density at radius 2 is 1.81 bits per heavy atom. The average Bonchev–Trinajstić information content (AvgIpc) is 2.84. The molecule has 1 heterocycles. The van der Waals surface area contributed by atoms with E-state index in [0.29, 0.717) is 0 Å². The van der Waals surface area contributed by atoms with E-state index in [9.17, 15) is 0 Å². The first kappa shape index (κ1) is 15.6. The van der Waals surface area contributed by atoms with E-state index in [0.717, 1.165) is 37.7 Å². The second-order valence-corrected chi connectivity index (χ2v) is 5.42. The minimum atomic E-state index is 0.800. The number of nitrogens with one attached hydrogen (secondary N) is 1. The Kier molecular flexibility index (Phi) is 5.45. The zero-order valence-corrected chi connectivity index (χ0v) is 13.6. The normalized spacial score (nSPS) is 10.9. The molecule has 0 radical (unpaired) electrons. The van der Waals surface area contributed by atoms with Crippen molar-refractivity contribution in [1.82, 2.24) is 5.32 Å². The zero-order valence-electron chi connectivity index (χ0n) is 13.6. The Bertz CT molecular complexity index is 557. The molecule has 0 saturated carbocycles. The molecule has 0 aliphatic heterocycles. The molecular weight excluding hydrogens is 260 g/mol. The highest BCUT2D eigenvalue weighted by molar-refractivity contribution is 5.48. The highest BCUT2D eigenvalue weighted by atomic mass is 16.3. The van der Waals surface area contributed by atoms with Gasteiger partial charge in [-0.15, -0.1) is 0 Å². The maximum absolute atomic E-state index is 5.83. The van der Waals surface area contributed by atoms with Crippen molar-refractivity contribution in [3.8, 4) is 0 Å². The van der Waals surface area contributed by atoms with Crippen LogP contribution >= 0.6 is 0 Å². The van der Waals surface area contributed by atoms with Gasteiger partial charge in [-0.25, -0.2) is 0 Å². The molecular formula is C18H26N2O. The van der Waals surface area contributed by atoms with Crippen LogP contribution in [0, 0.1) is 13.8 Å². The molecule has 3 heteroatoms. The van der Waals surface area contributed by atoms with E-state index < -0.39 is 0 Å². The minimum Gasteiger partial charge on any atom is -0.465 e. The van der Waals surface area contributed by atoms with Crippen molar-refractivity contribution in [3.63, 3.8) is 0 Å². The van der Waals surface area contributed by atoms with Gasteiger partial charge in [0.2, 0.25) is 0 Å². The standard InChI is InChI=1S/C18H26N2O/c1-5-19-12-18-11-16(15(4)21-18)13-20(6-2)17-9-7-14(3)8-10-17/h7-11,19H,5-6,12-13H2,1-4H3. The number of anilines is 1. The Balaban J connectivity index is 2.11. The van der Waals surface area contributed by atoms with Gasteiger partial charge in [0.05, 0.1) is 6.54 Å². The Labute approximate surface area is 128 Å². The van der Waals surface area contributed by atoms with Crippen LogP contribution in [0.5, 0.6) is 0 Å². The monoisotopic (exact) mass is 286 g/mol. The van der Waals surface area contributed by atoms with Gasteiger partial charge >= 0.3 is 0 Å². The summed E-state index contributed by atoms with van der Waals surface area (Å²) >= 11 is 0. The van der Waals surface area contributed by atoms with E-state index in [1.807, 2.05) is 6.92 Å². The summed E-state index contributed by atoms with van der Waals surface area (Å²) in [6.07, 6.45) is 0. The molecule has 0 unspecified atom stereocenters. The van der Waals surface area contributed by atoms with E-state index in [4.69, 9.17) is 4.42 Å². The van der Waals surface area contributed by atoms with E-state index in [1.54, 1.807) is 0 Å². The summed E-state index contributed by atoms with van der Waals surface area (Å²) in [7, 11) is 0. The molecule has 1 N–H and O–H groups in total. The van der Waals surface area contributed by atoms with Gasteiger partial charge in [-0.05, 0) is 45.5 Å². The van der Waals surface area contributed by atoms with Crippen LogP contribution in [0.3, 0.4) is 0 Å². The van der Waals surface area contributed by atoms with Crippen LogP contribution in [0.2, 0.25) is 0 Å². The van der Waals surface area contributed by atoms with Gasteiger partial charge in [0.15, 0.2) is 0 Å². The van der Waals surface area contributed by atoms with E-state index in [2.05, 4.69) is 61.3 Å². The molecule has 21 heavy (non-hydrogen) atoms. The quantitative estimate of drug-likeness (QED) is 0.833. The predicted molar refractivity (Wildman–Crippen MR) is 88.7 cm³/mol. The van der Waals surface area contributed by atoms with Gasteiger partial charge in [-0.2, -0.15) is 0 Å². The van der Waals surface area contributed by atoms with Crippen molar-refractivity contribution in [2.45, 2.75) is 40.8 Å². The number of hydrogen-bond acceptors (Lipinski definition) is 3. The van der Waals surface area contributed by atoms with E-state index in [-0.39, 0.29) is 0 Å². The van der Waals surface area contributed by atoms with Crippen LogP contribution in [0.15, 0.2) is 34.7 Å². The summed E-state index contributed by atoms with van der Waals surface area (Å²) < 4.78 is 5.83. The van der Waals surface area contributed by atoms with Gasteiger partial charge in [-0.1, -0.05) is 24.6 Å². The SMILES string of the molecule is CCNCc1cc(CN(CC)c2ccc(C)cc2)c(C)o1. The van der Waals surface area contributed by atoms with Gasteiger partial charge in [0.1, 0.15) is 11.5 Å². The van der Waals surface area contributed by atoms with Crippen LogP contribution in [0.1, 0.15) is 36.5 Å². The summed E-state index contributed by atoms with van der Waals surface area (Å²) in [4.78, 5) is 2.37. The van der Waals surface area contributed by atoms with Gasteiger partial charge < -0.3 is 14.6 Å². The Morgan fingerprint density at radius 3 is 2.43 bits per heavy atom. The molecule has 1 aromatic heterocycles. The Morgan fingerprint density at radius 1 is 1.10 bits per heavy atom. The molecule has 114 valence electrons. The largest absolute Gasteiger partial charge is 0.465 e. The Hall–Kier alpha value is -1.74. The number of hydrogen-bond donors (Lipinski definition) is 1. The summed E-state index contributed by atoms with van der Waals surface area (Å²) in [5, 5.41) is 3.30. The minimum absolute atomic E-state index is 0.800. The smallest absolute Gasteiger partial charge is 0.118 e. The van der Waals surface area contributed by atoms with Gasteiger partial charge in [0, 0.05) is 24.3 Å². The molecule has 1 aromatic carbocycles. The fourth-order valence-electron chi connectivity index (χ4n) is 2.43. The number of benzene rings is 1. The third-order valence-electron chi connectivity index (χ3n) is 3.76. The summed E-state index contributed by atoms with van der Waals surface area (Å²) in [5.41, 5.74) is 3.82. The molecule has 0 aliphatic carbocycles. The molecule has 0 bridgehead atoms. The van der Waals surface area contributed by atoms with Crippen LogP contribution in [0.4, 0.5) is 5.69 Å². The summed E-state index contributed by atoms with van der Waals surface area (Å²) in [6, 6.07) is 10.9. The molecule has 0 aliphatic rings. The number of aryl methyl sites for hydroxylation is 2. The lowest BCUT2D eigenvalue weighted by molar-refractivity contribution is 0.463. The molecule has 0 atom stereocenters. The topological polar surface area (TPSA) is 28.4 Å². The van der Waals surface area contributed by atoms with Crippen LogP contribution in [0.25, 0.3) is 0 Å². The molecule has 0 amide bonds. The number of rotatable bonds is 7. The second kappa shape index (κ2) is 7.32. The molecule has 0 saturated heterocycles. The number of furan rings is 1. The van der Waals surface area contributed by atoms with Crippen molar-refractivity contribution in [3.05, 3.63) is 53.0 Å². The van der Waals surface area contributed by atoms with Crippen LogP contribution in [-0.2, 0) is 13.1 Å². The lowest BCUT2D eigenvalue weighted by Crippen LogP contribution is -2.22.